The topological polar surface area (TPSA) is 154 Å². The molecule has 3 fully saturated rings. The number of carbonyl (C=O) groups excluding carboxylic acids is 4. The second kappa shape index (κ2) is 14.6. The summed E-state index contributed by atoms with van der Waals surface area (Å²) >= 11 is 0. The molecule has 2 saturated heterocycles. The van der Waals surface area contributed by atoms with Gasteiger partial charge in [0.2, 0.25) is 17.7 Å². The van der Waals surface area contributed by atoms with E-state index < -0.39 is 17.6 Å². The number of likely N-dealkylation sites (tertiary alicyclic amines) is 1. The normalized spacial score (nSPS) is 26.9. The zero-order valence-electron chi connectivity index (χ0n) is 25.3. The molecule has 12 nitrogen and oxygen atoms in total. The van der Waals surface area contributed by atoms with Gasteiger partial charge < -0.3 is 19.3 Å². The summed E-state index contributed by atoms with van der Waals surface area (Å²) < 4.78 is 11.4. The first kappa shape index (κ1) is 32.1. The molecule has 0 aromatic rings. The summed E-state index contributed by atoms with van der Waals surface area (Å²) in [7, 11) is 0. The third kappa shape index (κ3) is 8.85. The SMILES string of the molecule is CC(C)(C)OC(=O)N(CCCOCCC#CC1=CC2CN(C3CCC(=O)NC3=O)C(=O)C2C=C1)C1CCC(N=[N+]=[N-])CC1. The fourth-order valence-electron chi connectivity index (χ4n) is 6.05. The Bertz CT molecular complexity index is 1250. The summed E-state index contributed by atoms with van der Waals surface area (Å²) in [6, 6.07) is -0.561. The van der Waals surface area contributed by atoms with E-state index in [1.54, 1.807) is 9.80 Å². The summed E-state index contributed by atoms with van der Waals surface area (Å²) in [6.07, 6.45) is 10.2. The summed E-state index contributed by atoms with van der Waals surface area (Å²) in [5.41, 5.74) is 8.96. The number of rotatable bonds is 9. The Morgan fingerprint density at radius 1 is 1.19 bits per heavy atom. The molecule has 0 aromatic heterocycles. The van der Waals surface area contributed by atoms with Crippen molar-refractivity contribution in [2.24, 2.45) is 17.0 Å². The number of amides is 4. The highest BCUT2D eigenvalue weighted by atomic mass is 16.6. The van der Waals surface area contributed by atoms with Crippen molar-refractivity contribution in [3.05, 3.63) is 34.2 Å². The smallest absolute Gasteiger partial charge is 0.410 e. The van der Waals surface area contributed by atoms with Gasteiger partial charge in [0, 0.05) is 61.0 Å². The summed E-state index contributed by atoms with van der Waals surface area (Å²) in [4.78, 5) is 55.9. The zero-order valence-corrected chi connectivity index (χ0v) is 25.3. The lowest BCUT2D eigenvalue weighted by atomic mass is 9.88. The summed E-state index contributed by atoms with van der Waals surface area (Å²) in [5, 5.41) is 6.17. The van der Waals surface area contributed by atoms with Gasteiger partial charge in [-0.1, -0.05) is 35.2 Å². The monoisotopic (exact) mass is 594 g/mol. The van der Waals surface area contributed by atoms with Gasteiger partial charge in [-0.15, -0.1) is 0 Å². The maximum Gasteiger partial charge on any atom is 0.410 e. The van der Waals surface area contributed by atoms with E-state index in [1.165, 1.54) is 0 Å². The number of imide groups is 1. The molecule has 4 amide bonds. The Morgan fingerprint density at radius 3 is 2.65 bits per heavy atom. The van der Waals surface area contributed by atoms with Crippen molar-refractivity contribution in [1.29, 1.82) is 0 Å². The third-order valence-corrected chi connectivity index (χ3v) is 8.14. The highest BCUT2D eigenvalue weighted by molar-refractivity contribution is 6.02. The van der Waals surface area contributed by atoms with Crippen LogP contribution in [0.3, 0.4) is 0 Å². The minimum Gasteiger partial charge on any atom is -0.444 e. The molecule has 4 aliphatic rings. The van der Waals surface area contributed by atoms with Crippen molar-refractivity contribution in [1.82, 2.24) is 15.1 Å². The fraction of sp³-hybridized carbons (Fsp3) is 0.677. The van der Waals surface area contributed by atoms with Crippen LogP contribution in [0, 0.1) is 23.7 Å². The van der Waals surface area contributed by atoms with E-state index in [4.69, 9.17) is 15.0 Å². The maximum atomic E-state index is 12.9. The van der Waals surface area contributed by atoms with Crippen LogP contribution in [-0.2, 0) is 23.9 Å². The van der Waals surface area contributed by atoms with Gasteiger partial charge in [-0.25, -0.2) is 4.79 Å². The number of azide groups is 1. The summed E-state index contributed by atoms with van der Waals surface area (Å²) in [5.74, 6) is 5.14. The Morgan fingerprint density at radius 2 is 1.95 bits per heavy atom. The van der Waals surface area contributed by atoms with Crippen LogP contribution in [0.25, 0.3) is 10.4 Å². The van der Waals surface area contributed by atoms with E-state index in [0.717, 1.165) is 31.3 Å². The van der Waals surface area contributed by atoms with Gasteiger partial charge in [-0.3, -0.25) is 19.7 Å². The predicted octanol–water partition coefficient (Wildman–Crippen LogP) is 4.02. The lowest BCUT2D eigenvalue weighted by Gasteiger charge is -2.37. The van der Waals surface area contributed by atoms with Crippen molar-refractivity contribution in [2.75, 3.05) is 26.3 Å². The van der Waals surface area contributed by atoms with Gasteiger partial charge >= 0.3 is 6.09 Å². The average Bonchev–Trinajstić information content (AvgIpc) is 3.27. The average molecular weight is 595 g/mol. The van der Waals surface area contributed by atoms with Crippen molar-refractivity contribution < 1.29 is 28.7 Å². The molecule has 1 N–H and O–H groups in total. The predicted molar refractivity (Wildman–Crippen MR) is 158 cm³/mol. The number of nitrogens with zero attached hydrogens (tertiary/aromatic N) is 5. The molecule has 0 spiro atoms. The van der Waals surface area contributed by atoms with Crippen molar-refractivity contribution in [2.45, 2.75) is 95.9 Å². The largest absolute Gasteiger partial charge is 0.444 e. The number of allylic oxidation sites excluding steroid dienone is 2. The first-order valence-corrected chi connectivity index (χ1v) is 15.2. The molecule has 2 aliphatic carbocycles. The molecule has 0 aromatic carbocycles. The maximum absolute atomic E-state index is 12.9. The van der Waals surface area contributed by atoms with Crippen molar-refractivity contribution >= 4 is 23.8 Å². The van der Waals surface area contributed by atoms with Crippen LogP contribution in [0.1, 0.15) is 72.1 Å². The summed E-state index contributed by atoms with van der Waals surface area (Å²) in [6.45, 7) is 7.46. The third-order valence-electron chi connectivity index (χ3n) is 8.14. The molecule has 2 heterocycles. The van der Waals surface area contributed by atoms with Crippen molar-refractivity contribution in [3.63, 3.8) is 0 Å². The van der Waals surface area contributed by atoms with Crippen LogP contribution in [-0.4, -0.2) is 83.6 Å². The number of carbonyl (C=O) groups is 4. The molecule has 0 bridgehead atoms. The van der Waals surface area contributed by atoms with E-state index in [1.807, 2.05) is 39.0 Å². The number of nitrogens with one attached hydrogen (secondary N) is 1. The number of hydrogen-bond donors (Lipinski definition) is 1. The molecule has 3 unspecified atom stereocenters. The minimum absolute atomic E-state index is 0.0133. The van der Waals surface area contributed by atoms with Gasteiger partial charge in [0.25, 0.3) is 0 Å². The van der Waals surface area contributed by atoms with Crippen molar-refractivity contribution in [3.8, 4) is 11.8 Å². The van der Waals surface area contributed by atoms with Gasteiger partial charge in [-0.05, 0) is 64.8 Å². The molecule has 1 saturated carbocycles. The molecule has 232 valence electrons. The zero-order chi connectivity index (χ0) is 31.0. The first-order chi connectivity index (χ1) is 20.6. The minimum atomic E-state index is -0.598. The number of ether oxygens (including phenoxy) is 2. The van der Waals surface area contributed by atoms with Crippen LogP contribution in [0.15, 0.2) is 28.9 Å². The number of hydrogen-bond acceptors (Lipinski definition) is 7. The van der Waals surface area contributed by atoms with E-state index in [9.17, 15) is 19.2 Å². The van der Waals surface area contributed by atoms with E-state index in [0.29, 0.717) is 45.6 Å². The molecule has 4 rings (SSSR count). The van der Waals surface area contributed by atoms with Gasteiger partial charge in [0.15, 0.2) is 0 Å². The Balaban J connectivity index is 1.19. The van der Waals surface area contributed by atoms with Crippen LogP contribution in [0.2, 0.25) is 0 Å². The first-order valence-electron chi connectivity index (χ1n) is 15.2. The molecule has 2 aliphatic heterocycles. The van der Waals surface area contributed by atoms with E-state index in [2.05, 4.69) is 27.2 Å². The Labute approximate surface area is 252 Å². The number of piperidine rings is 1. The fourth-order valence-corrected chi connectivity index (χ4v) is 6.05. The van der Waals surface area contributed by atoms with Gasteiger partial charge in [-0.2, -0.15) is 0 Å². The van der Waals surface area contributed by atoms with Crippen LogP contribution in [0.4, 0.5) is 4.79 Å². The lowest BCUT2D eigenvalue weighted by Crippen LogP contribution is -2.53. The second-order valence-electron chi connectivity index (χ2n) is 12.5. The van der Waals surface area contributed by atoms with E-state index in [-0.39, 0.29) is 48.2 Å². The molecule has 0 radical (unpaired) electrons. The number of fused-ring (bicyclic) bond motifs is 1. The quantitative estimate of drug-likeness (QED) is 0.106. The van der Waals surface area contributed by atoms with Gasteiger partial charge in [0.05, 0.1) is 12.5 Å². The van der Waals surface area contributed by atoms with E-state index >= 15 is 0 Å². The molecule has 12 heteroatoms. The van der Waals surface area contributed by atoms with Crippen LogP contribution < -0.4 is 5.32 Å². The molecular weight excluding hydrogens is 552 g/mol. The Hall–Kier alpha value is -3.81. The lowest BCUT2D eigenvalue weighted by molar-refractivity contribution is -0.144. The highest BCUT2D eigenvalue weighted by Crippen LogP contribution is 2.34. The molecular formula is C31H42N6O6. The van der Waals surface area contributed by atoms with Crippen LogP contribution >= 0.6 is 0 Å². The van der Waals surface area contributed by atoms with Crippen LogP contribution in [0.5, 0.6) is 0 Å². The molecule has 43 heavy (non-hydrogen) atoms. The highest BCUT2D eigenvalue weighted by Gasteiger charge is 2.45. The standard InChI is InChI=1S/C31H42N6O6/c1-31(2,3)43-30(41)36(24-11-9-23(10-12-24)34-35-32)16-6-18-42-17-5-4-7-21-8-13-25-22(19-21)20-37(29(25)40)26-14-15-27(38)33-28(26)39/h8,13,19,22-26H,5-6,9-12,14-18,20H2,1-3H3,(H,33,38,39). The second-order valence-corrected chi connectivity index (χ2v) is 12.5. The molecule has 3 atom stereocenters. The van der Waals surface area contributed by atoms with Gasteiger partial charge in [0.1, 0.15) is 11.6 Å². The Kier molecular flexibility index (Phi) is 10.9.